The first-order chi connectivity index (χ1) is 11.7. The molecule has 2 N–H and O–H groups in total. The van der Waals surface area contributed by atoms with Crippen molar-refractivity contribution in [2.45, 2.75) is 44.6 Å². The lowest BCUT2D eigenvalue weighted by Gasteiger charge is -2.34. The van der Waals surface area contributed by atoms with E-state index < -0.39 is 5.97 Å². The molecule has 0 aromatic carbocycles. The molecule has 0 unspecified atom stereocenters. The lowest BCUT2D eigenvalue weighted by Crippen LogP contribution is -2.43. The van der Waals surface area contributed by atoms with Crippen LogP contribution in [-0.4, -0.2) is 51.6 Å². The van der Waals surface area contributed by atoms with E-state index in [9.17, 15) is 4.79 Å². The van der Waals surface area contributed by atoms with Crippen LogP contribution in [0.2, 0.25) is 0 Å². The van der Waals surface area contributed by atoms with Crippen LogP contribution in [0.15, 0.2) is 18.5 Å². The number of hydrogen-bond donors (Lipinski definition) is 2. The number of hydrogen-bond acceptors (Lipinski definition) is 5. The van der Waals surface area contributed by atoms with Gasteiger partial charge in [0, 0.05) is 25.2 Å². The first-order valence-electron chi connectivity index (χ1n) is 8.91. The molecule has 0 radical (unpaired) electrons. The molecule has 0 amide bonds. The monoisotopic (exact) mass is 330 g/mol. The Labute approximate surface area is 143 Å². The van der Waals surface area contributed by atoms with Crippen LogP contribution < -0.4 is 5.32 Å². The summed E-state index contributed by atoms with van der Waals surface area (Å²) in [6.45, 7) is 3.51. The molecular weight excluding hydrogens is 304 g/mol. The molecular formula is C18H26N4O2. The second-order valence-electron chi connectivity index (χ2n) is 6.89. The molecule has 1 aliphatic carbocycles. The molecule has 1 saturated heterocycles. The smallest absolute Gasteiger partial charge is 0.328 e. The Bertz CT molecular complexity index is 567. The number of piperidine rings is 1. The van der Waals surface area contributed by atoms with E-state index in [4.69, 9.17) is 5.11 Å². The number of anilines is 1. The number of aliphatic carboxylic acids is 1. The minimum absolute atomic E-state index is 0.412. The quantitative estimate of drug-likeness (QED) is 0.781. The first-order valence-corrected chi connectivity index (χ1v) is 8.91. The van der Waals surface area contributed by atoms with Crippen molar-refractivity contribution < 1.29 is 9.90 Å². The Kier molecular flexibility index (Phi) is 5.80. The van der Waals surface area contributed by atoms with E-state index >= 15 is 0 Å². The van der Waals surface area contributed by atoms with Gasteiger partial charge in [0.05, 0.1) is 18.1 Å². The third-order valence-corrected chi connectivity index (χ3v) is 4.92. The van der Waals surface area contributed by atoms with Gasteiger partial charge in [0.15, 0.2) is 0 Å². The van der Waals surface area contributed by atoms with Crippen molar-refractivity contribution in [2.24, 2.45) is 5.92 Å². The molecule has 1 aliphatic heterocycles. The van der Waals surface area contributed by atoms with Crippen molar-refractivity contribution in [1.29, 1.82) is 0 Å². The fraction of sp³-hybridized carbons (Fsp3) is 0.611. The molecule has 1 atom stereocenters. The Morgan fingerprint density at radius 1 is 1.25 bits per heavy atom. The van der Waals surface area contributed by atoms with E-state index in [2.05, 4.69) is 20.2 Å². The minimum Gasteiger partial charge on any atom is -0.478 e. The van der Waals surface area contributed by atoms with Crippen LogP contribution in [0.25, 0.3) is 6.08 Å². The van der Waals surface area contributed by atoms with Gasteiger partial charge in [-0.2, -0.15) is 0 Å². The molecule has 1 aromatic heterocycles. The van der Waals surface area contributed by atoms with E-state index in [0.717, 1.165) is 30.8 Å². The molecule has 0 bridgehead atoms. The highest BCUT2D eigenvalue weighted by Crippen LogP contribution is 2.26. The summed E-state index contributed by atoms with van der Waals surface area (Å²) in [4.78, 5) is 21.7. The maximum Gasteiger partial charge on any atom is 0.328 e. The predicted octanol–water partition coefficient (Wildman–Crippen LogP) is 2.64. The Morgan fingerprint density at radius 2 is 2.08 bits per heavy atom. The first kappa shape index (κ1) is 16.9. The average molecular weight is 330 g/mol. The van der Waals surface area contributed by atoms with E-state index in [1.807, 2.05) is 0 Å². The van der Waals surface area contributed by atoms with Crippen molar-refractivity contribution in [3.63, 3.8) is 0 Å². The van der Waals surface area contributed by atoms with Crippen molar-refractivity contribution in [3.8, 4) is 0 Å². The van der Waals surface area contributed by atoms with Gasteiger partial charge in [0.1, 0.15) is 5.82 Å². The van der Waals surface area contributed by atoms with Gasteiger partial charge in [-0.05, 0) is 44.2 Å². The summed E-state index contributed by atoms with van der Waals surface area (Å²) in [5.74, 6) is 0.669. The maximum atomic E-state index is 10.5. The molecule has 1 saturated carbocycles. The summed E-state index contributed by atoms with van der Waals surface area (Å²) in [6, 6.07) is 0.412. The zero-order valence-corrected chi connectivity index (χ0v) is 14.0. The number of likely N-dealkylation sites (tertiary alicyclic amines) is 1. The molecule has 2 heterocycles. The van der Waals surface area contributed by atoms with E-state index in [-0.39, 0.29) is 0 Å². The highest BCUT2D eigenvalue weighted by atomic mass is 16.4. The summed E-state index contributed by atoms with van der Waals surface area (Å²) in [7, 11) is 0. The van der Waals surface area contributed by atoms with Gasteiger partial charge in [-0.25, -0.2) is 9.78 Å². The lowest BCUT2D eigenvalue weighted by molar-refractivity contribution is -0.131. The molecule has 130 valence electrons. The van der Waals surface area contributed by atoms with Crippen LogP contribution in [0.4, 0.5) is 5.82 Å². The number of carboxylic acid groups (broad SMARTS) is 1. The summed E-state index contributed by atoms with van der Waals surface area (Å²) in [6.07, 6.45) is 13.8. The number of carboxylic acids is 1. The van der Waals surface area contributed by atoms with Crippen molar-refractivity contribution in [1.82, 2.24) is 14.9 Å². The third-order valence-electron chi connectivity index (χ3n) is 4.92. The topological polar surface area (TPSA) is 78.3 Å². The van der Waals surface area contributed by atoms with Gasteiger partial charge in [-0.1, -0.05) is 12.8 Å². The van der Waals surface area contributed by atoms with E-state index in [0.29, 0.717) is 11.7 Å². The fourth-order valence-electron chi connectivity index (χ4n) is 3.76. The highest BCUT2D eigenvalue weighted by Gasteiger charge is 2.24. The van der Waals surface area contributed by atoms with Crippen LogP contribution >= 0.6 is 0 Å². The molecule has 6 heteroatoms. The van der Waals surface area contributed by atoms with Gasteiger partial charge in [-0.15, -0.1) is 0 Å². The van der Waals surface area contributed by atoms with Crippen LogP contribution in [-0.2, 0) is 4.79 Å². The van der Waals surface area contributed by atoms with Gasteiger partial charge >= 0.3 is 5.97 Å². The van der Waals surface area contributed by atoms with Crippen LogP contribution in [0, 0.1) is 5.92 Å². The van der Waals surface area contributed by atoms with Crippen LogP contribution in [0.3, 0.4) is 0 Å². The standard InChI is InChI=1S/C18H26N4O2/c23-18(24)8-7-15-10-20-17(11-19-15)21-16-6-3-9-22(13-16)12-14-4-1-2-5-14/h7-8,10-11,14,16H,1-6,9,12-13H2,(H,20,21)(H,23,24)/b8-7+/t16-/m1/s1. The third kappa shape index (κ3) is 5.03. The van der Waals surface area contributed by atoms with Crippen LogP contribution in [0.5, 0.6) is 0 Å². The summed E-state index contributed by atoms with van der Waals surface area (Å²) < 4.78 is 0. The normalized spacial score (nSPS) is 22.9. The number of nitrogens with one attached hydrogen (secondary N) is 1. The molecule has 2 aliphatic rings. The zero-order valence-electron chi connectivity index (χ0n) is 14.0. The molecule has 3 rings (SSSR count). The number of rotatable bonds is 6. The van der Waals surface area contributed by atoms with E-state index in [1.54, 1.807) is 12.4 Å². The number of nitrogens with zero attached hydrogens (tertiary/aromatic N) is 3. The molecule has 0 spiro atoms. The molecule has 6 nitrogen and oxygen atoms in total. The predicted molar refractivity (Wildman–Crippen MR) is 93.7 cm³/mol. The number of aromatic nitrogens is 2. The van der Waals surface area contributed by atoms with E-state index in [1.165, 1.54) is 51.3 Å². The molecule has 2 fully saturated rings. The van der Waals surface area contributed by atoms with Crippen LogP contribution in [0.1, 0.15) is 44.2 Å². The van der Waals surface area contributed by atoms with Gasteiger partial charge in [0.25, 0.3) is 0 Å². The van der Waals surface area contributed by atoms with Gasteiger partial charge in [-0.3, -0.25) is 4.98 Å². The minimum atomic E-state index is -0.983. The fourth-order valence-corrected chi connectivity index (χ4v) is 3.76. The highest BCUT2D eigenvalue weighted by molar-refractivity contribution is 5.84. The Balaban J connectivity index is 1.50. The summed E-state index contributed by atoms with van der Waals surface area (Å²) >= 11 is 0. The average Bonchev–Trinajstić information content (AvgIpc) is 3.07. The SMILES string of the molecule is O=C(O)/C=C/c1cnc(N[C@@H]2CCCN(CC3CCCC3)C2)cn1. The Hall–Kier alpha value is -1.95. The second kappa shape index (κ2) is 8.24. The molecule has 1 aromatic rings. The van der Waals surface area contributed by atoms with Crippen molar-refractivity contribution in [3.05, 3.63) is 24.2 Å². The lowest BCUT2D eigenvalue weighted by atomic mass is 10.0. The largest absolute Gasteiger partial charge is 0.478 e. The van der Waals surface area contributed by atoms with Crippen molar-refractivity contribution >= 4 is 17.9 Å². The molecule has 24 heavy (non-hydrogen) atoms. The summed E-state index contributed by atoms with van der Waals surface area (Å²) in [5.41, 5.74) is 0.550. The second-order valence-corrected chi connectivity index (χ2v) is 6.89. The van der Waals surface area contributed by atoms with Gasteiger partial charge in [0.2, 0.25) is 0 Å². The number of carbonyl (C=O) groups is 1. The van der Waals surface area contributed by atoms with Gasteiger partial charge < -0.3 is 15.3 Å². The summed E-state index contributed by atoms with van der Waals surface area (Å²) in [5, 5.41) is 12.1. The maximum absolute atomic E-state index is 10.5. The Morgan fingerprint density at radius 3 is 2.79 bits per heavy atom. The zero-order chi connectivity index (χ0) is 16.8. The van der Waals surface area contributed by atoms with Crippen molar-refractivity contribution in [2.75, 3.05) is 25.0 Å².